The number of rotatable bonds is 4. The van der Waals surface area contributed by atoms with Crippen molar-refractivity contribution in [2.75, 3.05) is 9.80 Å². The van der Waals surface area contributed by atoms with Crippen LogP contribution in [-0.4, -0.2) is 15.1 Å². The molecule has 0 bridgehead atoms. The number of hydrogen-bond donors (Lipinski definition) is 1. The summed E-state index contributed by atoms with van der Waals surface area (Å²) in [7, 11) is 0. The first-order valence-electron chi connectivity index (χ1n) is 15.4. The van der Waals surface area contributed by atoms with Crippen LogP contribution in [-0.2, 0) is 21.1 Å². The van der Waals surface area contributed by atoms with Crippen molar-refractivity contribution in [3.8, 4) is 28.1 Å². The molecule has 5 nitrogen and oxygen atoms in total. The van der Waals surface area contributed by atoms with Crippen LogP contribution in [0.5, 0.6) is 5.75 Å². The molecule has 47 heavy (non-hydrogen) atoms. The van der Waals surface area contributed by atoms with Crippen LogP contribution in [0.25, 0.3) is 33.3 Å². The average molecular weight is 791 g/mol. The Morgan fingerprint density at radius 3 is 2.13 bits per heavy atom. The fourth-order valence-corrected chi connectivity index (χ4v) is 6.70. The van der Waals surface area contributed by atoms with Crippen LogP contribution in [0.15, 0.2) is 128 Å². The molecule has 0 radical (unpaired) electrons. The van der Waals surface area contributed by atoms with E-state index in [0.717, 1.165) is 62.0 Å². The van der Waals surface area contributed by atoms with Gasteiger partial charge >= 0.3 is 0 Å². The first kappa shape index (κ1) is 30.4. The van der Waals surface area contributed by atoms with E-state index in [1.165, 1.54) is 16.7 Å². The maximum Gasteiger partial charge on any atom is 0.140 e. The molecule has 5 aromatic carbocycles. The van der Waals surface area contributed by atoms with Crippen molar-refractivity contribution in [2.45, 2.75) is 20.8 Å². The summed E-state index contributed by atoms with van der Waals surface area (Å²) in [5, 5.41) is 11.5. The number of benzene rings is 5. The standard InChI is InChI=1S/C41H31N4O.Pt/c1-26-22-27(2)41(28(3)23-26)45-35-14-8-7-13-34(35)44(39-25-31(20-21-42-39)29-10-5-4-6-11-29)37-24-32(17-19-36(37)45)33-18-16-30-12-9-15-38(46)40(30)43-33;/h4-23,25,46H,1-3H3;/q-1;. The zero-order valence-corrected chi connectivity index (χ0v) is 28.4. The van der Waals surface area contributed by atoms with Crippen LogP contribution in [0.4, 0.5) is 34.3 Å². The molecule has 0 aliphatic carbocycles. The summed E-state index contributed by atoms with van der Waals surface area (Å²) in [4.78, 5) is 14.4. The Balaban J connectivity index is 0.00000351. The van der Waals surface area contributed by atoms with Gasteiger partial charge in [0.2, 0.25) is 0 Å². The molecule has 0 saturated carbocycles. The van der Waals surface area contributed by atoms with Gasteiger partial charge in [-0.25, -0.2) is 4.98 Å². The molecule has 0 amide bonds. The molecule has 2 aromatic heterocycles. The molecule has 0 spiro atoms. The van der Waals surface area contributed by atoms with E-state index < -0.39 is 0 Å². The largest absolute Gasteiger partial charge is 0.506 e. The predicted octanol–water partition coefficient (Wildman–Crippen LogP) is 10.6. The molecule has 6 heteroatoms. The maximum atomic E-state index is 10.6. The molecule has 232 valence electrons. The number of nitrogens with zero attached hydrogens (tertiary/aromatic N) is 4. The number of hydrogen-bond acceptors (Lipinski definition) is 5. The van der Waals surface area contributed by atoms with Crippen molar-refractivity contribution in [3.05, 3.63) is 150 Å². The van der Waals surface area contributed by atoms with E-state index in [9.17, 15) is 5.11 Å². The number of fused-ring (bicyclic) bond motifs is 3. The molecule has 0 unspecified atom stereocenters. The van der Waals surface area contributed by atoms with Crippen molar-refractivity contribution in [3.63, 3.8) is 0 Å². The van der Waals surface area contributed by atoms with Crippen LogP contribution in [0.3, 0.4) is 0 Å². The van der Waals surface area contributed by atoms with Crippen molar-refractivity contribution >= 4 is 45.2 Å². The van der Waals surface area contributed by atoms with Gasteiger partial charge in [0.15, 0.2) is 0 Å². The molecule has 1 N–H and O–H groups in total. The molecule has 0 atom stereocenters. The van der Waals surface area contributed by atoms with Crippen LogP contribution in [0, 0.1) is 26.8 Å². The second-order valence-corrected chi connectivity index (χ2v) is 11.8. The summed E-state index contributed by atoms with van der Waals surface area (Å²) in [6, 6.07) is 45.0. The number of para-hydroxylation sites is 3. The molecule has 1 aliphatic heterocycles. The van der Waals surface area contributed by atoms with Crippen LogP contribution < -0.4 is 9.80 Å². The van der Waals surface area contributed by atoms with Gasteiger partial charge in [-0.1, -0.05) is 84.4 Å². The summed E-state index contributed by atoms with van der Waals surface area (Å²) < 4.78 is 0. The molecule has 0 fully saturated rings. The first-order chi connectivity index (χ1) is 22.5. The van der Waals surface area contributed by atoms with Crippen LogP contribution >= 0.6 is 0 Å². The van der Waals surface area contributed by atoms with E-state index >= 15 is 0 Å². The average Bonchev–Trinajstić information content (AvgIpc) is 3.08. The maximum absolute atomic E-state index is 10.6. The van der Waals surface area contributed by atoms with Gasteiger partial charge < -0.3 is 14.9 Å². The van der Waals surface area contributed by atoms with Gasteiger partial charge in [-0.2, -0.15) is 0 Å². The van der Waals surface area contributed by atoms with Gasteiger partial charge in [0.1, 0.15) is 17.1 Å². The Morgan fingerprint density at radius 1 is 0.638 bits per heavy atom. The minimum atomic E-state index is 0. The fraction of sp³-hybridized carbons (Fsp3) is 0.0732. The topological polar surface area (TPSA) is 52.5 Å². The van der Waals surface area contributed by atoms with Crippen molar-refractivity contribution in [1.82, 2.24) is 9.97 Å². The van der Waals surface area contributed by atoms with E-state index in [1.807, 2.05) is 42.6 Å². The number of aryl methyl sites for hydroxylation is 3. The van der Waals surface area contributed by atoms with Gasteiger partial charge in [0.05, 0.1) is 11.4 Å². The summed E-state index contributed by atoms with van der Waals surface area (Å²) in [5.41, 5.74) is 13.1. The van der Waals surface area contributed by atoms with E-state index in [0.29, 0.717) is 5.52 Å². The second-order valence-electron chi connectivity index (χ2n) is 11.8. The summed E-state index contributed by atoms with van der Waals surface area (Å²) in [6.07, 6.45) is 1.87. The van der Waals surface area contributed by atoms with E-state index in [1.54, 1.807) is 6.07 Å². The summed E-state index contributed by atoms with van der Waals surface area (Å²) >= 11 is 0. The van der Waals surface area contributed by atoms with E-state index in [-0.39, 0.29) is 26.8 Å². The Labute approximate surface area is 289 Å². The first-order valence-corrected chi connectivity index (χ1v) is 15.4. The van der Waals surface area contributed by atoms with Crippen LogP contribution in [0.2, 0.25) is 0 Å². The SMILES string of the molecule is Cc1cc(C)c(N2c3ccc(-c4ccc5cccc(O)c5n4)[c-]c3N(c3cc(-c4ccccc4)ccn3)c3ccccc32)c(C)c1.[Pt]. The Morgan fingerprint density at radius 2 is 1.36 bits per heavy atom. The van der Waals surface area contributed by atoms with Crippen molar-refractivity contribution in [2.24, 2.45) is 0 Å². The molecular formula is C41H31N4OPt-. The van der Waals surface area contributed by atoms with Gasteiger partial charge in [0.25, 0.3) is 0 Å². The summed E-state index contributed by atoms with van der Waals surface area (Å²) in [6.45, 7) is 6.50. The Kier molecular flexibility index (Phi) is 7.87. The normalized spacial score (nSPS) is 12.0. The molecule has 3 heterocycles. The van der Waals surface area contributed by atoms with E-state index in [2.05, 4.69) is 116 Å². The van der Waals surface area contributed by atoms with Crippen molar-refractivity contribution in [1.29, 1.82) is 0 Å². The number of phenols is 1. The van der Waals surface area contributed by atoms with Gasteiger partial charge in [-0.15, -0.1) is 23.8 Å². The minimum Gasteiger partial charge on any atom is -0.506 e. The number of phenolic OH excluding ortho intramolecular Hbond substituents is 1. The zero-order chi connectivity index (χ0) is 31.4. The zero-order valence-electron chi connectivity index (χ0n) is 26.2. The van der Waals surface area contributed by atoms with Gasteiger partial charge in [-0.05, 0) is 90.4 Å². The number of aromatic nitrogens is 2. The van der Waals surface area contributed by atoms with Gasteiger partial charge in [0, 0.05) is 38.3 Å². The fourth-order valence-electron chi connectivity index (χ4n) is 6.70. The third-order valence-corrected chi connectivity index (χ3v) is 8.65. The van der Waals surface area contributed by atoms with Gasteiger partial charge in [-0.3, -0.25) is 4.98 Å². The van der Waals surface area contributed by atoms with E-state index in [4.69, 9.17) is 9.97 Å². The quantitative estimate of drug-likeness (QED) is 0.180. The van der Waals surface area contributed by atoms with Crippen LogP contribution in [0.1, 0.15) is 16.7 Å². The molecule has 7 aromatic rings. The number of anilines is 6. The third kappa shape index (κ3) is 5.27. The number of pyridine rings is 2. The Hall–Kier alpha value is -5.25. The molecule has 1 aliphatic rings. The third-order valence-electron chi connectivity index (χ3n) is 8.65. The second kappa shape index (κ2) is 12.2. The number of aromatic hydroxyl groups is 1. The minimum absolute atomic E-state index is 0. The monoisotopic (exact) mass is 790 g/mol. The molecule has 8 rings (SSSR count). The molecular weight excluding hydrogens is 760 g/mol. The predicted molar refractivity (Wildman–Crippen MR) is 188 cm³/mol. The molecule has 0 saturated heterocycles. The Bertz CT molecular complexity index is 2260. The summed E-state index contributed by atoms with van der Waals surface area (Å²) in [5.74, 6) is 0.954. The van der Waals surface area contributed by atoms with Crippen molar-refractivity contribution < 1.29 is 26.2 Å². The smallest absolute Gasteiger partial charge is 0.140 e.